The van der Waals surface area contributed by atoms with Gasteiger partial charge in [-0.2, -0.15) is 0 Å². The van der Waals surface area contributed by atoms with Gasteiger partial charge in [-0.3, -0.25) is 4.90 Å². The third-order valence-electron chi connectivity index (χ3n) is 5.26. The summed E-state index contributed by atoms with van der Waals surface area (Å²) in [5, 5.41) is 9.74. The van der Waals surface area contributed by atoms with Crippen molar-refractivity contribution in [3.63, 3.8) is 0 Å². The van der Waals surface area contributed by atoms with Gasteiger partial charge in [-0.25, -0.2) is 0 Å². The van der Waals surface area contributed by atoms with Crippen molar-refractivity contribution >= 4 is 11.8 Å². The highest BCUT2D eigenvalue weighted by Gasteiger charge is 2.31. The quantitative estimate of drug-likeness (QED) is 0.749. The van der Waals surface area contributed by atoms with Gasteiger partial charge in [0.15, 0.2) is 11.5 Å². The number of fused-ring (bicyclic) bond motifs is 1. The van der Waals surface area contributed by atoms with Gasteiger partial charge in [-0.1, -0.05) is 12.1 Å². The van der Waals surface area contributed by atoms with Gasteiger partial charge in [-0.15, -0.1) is 11.8 Å². The van der Waals surface area contributed by atoms with Crippen molar-refractivity contribution in [3.8, 4) is 11.5 Å². The Morgan fingerprint density at radius 1 is 1.12 bits per heavy atom. The molecule has 1 aliphatic rings. The molecule has 0 aliphatic carbocycles. The lowest BCUT2D eigenvalue weighted by Crippen LogP contribution is -2.40. The van der Waals surface area contributed by atoms with Gasteiger partial charge >= 0.3 is 0 Å². The number of nitrogens with zero attached hydrogens (tertiary/aromatic N) is 1. The van der Waals surface area contributed by atoms with Crippen LogP contribution < -0.4 is 4.74 Å². The van der Waals surface area contributed by atoms with Gasteiger partial charge in [0.05, 0.1) is 7.11 Å². The fourth-order valence-corrected chi connectivity index (χ4v) is 3.88. The SMILES string of the molecule is COc1cc(CCC(C)(C)N2Cc3ccc(SC)cc3C2)ccc1O. The normalized spacial score (nSPS) is 14.6. The first kappa shape index (κ1) is 18.2. The smallest absolute Gasteiger partial charge is 0.160 e. The number of ether oxygens (including phenoxy) is 1. The van der Waals surface area contributed by atoms with E-state index in [1.165, 1.54) is 21.6 Å². The van der Waals surface area contributed by atoms with Crippen LogP contribution in [0.5, 0.6) is 11.5 Å². The zero-order valence-corrected chi connectivity index (χ0v) is 16.3. The van der Waals surface area contributed by atoms with E-state index >= 15 is 0 Å². The van der Waals surface area contributed by atoms with Gasteiger partial charge in [0.25, 0.3) is 0 Å². The Bertz CT molecular complexity index is 758. The molecule has 0 bridgehead atoms. The van der Waals surface area contributed by atoms with Crippen LogP contribution >= 0.6 is 11.8 Å². The van der Waals surface area contributed by atoms with E-state index in [4.69, 9.17) is 4.74 Å². The summed E-state index contributed by atoms with van der Waals surface area (Å²) in [7, 11) is 1.59. The second kappa shape index (κ2) is 7.30. The summed E-state index contributed by atoms with van der Waals surface area (Å²) in [6, 6.07) is 12.5. The lowest BCUT2D eigenvalue weighted by Gasteiger charge is -2.35. The van der Waals surface area contributed by atoms with Crippen molar-refractivity contribution in [1.82, 2.24) is 4.90 Å². The molecule has 25 heavy (non-hydrogen) atoms. The minimum absolute atomic E-state index is 0.115. The zero-order chi connectivity index (χ0) is 18.0. The summed E-state index contributed by atoms with van der Waals surface area (Å²) in [6.45, 7) is 6.70. The Hall–Kier alpha value is -1.65. The molecule has 2 aromatic rings. The summed E-state index contributed by atoms with van der Waals surface area (Å²) in [5.41, 5.74) is 4.23. The Labute approximate surface area is 155 Å². The van der Waals surface area contributed by atoms with Crippen LogP contribution in [0.25, 0.3) is 0 Å². The van der Waals surface area contributed by atoms with Gasteiger partial charge in [-0.05, 0) is 73.9 Å². The van der Waals surface area contributed by atoms with Crippen LogP contribution in [0, 0.1) is 0 Å². The number of rotatable bonds is 6. The molecule has 134 valence electrons. The summed E-state index contributed by atoms with van der Waals surface area (Å²) in [5.74, 6) is 0.749. The molecule has 0 saturated carbocycles. The number of methoxy groups -OCH3 is 1. The van der Waals surface area contributed by atoms with Gasteiger partial charge < -0.3 is 9.84 Å². The highest BCUT2D eigenvalue weighted by atomic mass is 32.2. The predicted molar refractivity (Wildman–Crippen MR) is 105 cm³/mol. The molecular formula is C21H27NO2S. The van der Waals surface area contributed by atoms with Crippen molar-refractivity contribution in [2.24, 2.45) is 0 Å². The molecule has 3 nitrogen and oxygen atoms in total. The molecule has 0 atom stereocenters. The number of thioether (sulfide) groups is 1. The number of benzene rings is 2. The van der Waals surface area contributed by atoms with Gasteiger partial charge in [0.2, 0.25) is 0 Å². The molecule has 4 heteroatoms. The third-order valence-corrected chi connectivity index (χ3v) is 5.99. The first-order valence-electron chi connectivity index (χ1n) is 8.69. The molecule has 1 aliphatic heterocycles. The van der Waals surface area contributed by atoms with E-state index in [9.17, 15) is 5.11 Å². The highest BCUT2D eigenvalue weighted by molar-refractivity contribution is 7.98. The van der Waals surface area contributed by atoms with Gasteiger partial charge in [0.1, 0.15) is 0 Å². The maximum Gasteiger partial charge on any atom is 0.160 e. The van der Waals surface area contributed by atoms with E-state index in [1.807, 2.05) is 12.1 Å². The maximum absolute atomic E-state index is 9.74. The second-order valence-electron chi connectivity index (χ2n) is 7.31. The molecule has 0 amide bonds. The first-order valence-corrected chi connectivity index (χ1v) is 9.92. The minimum Gasteiger partial charge on any atom is -0.504 e. The van der Waals surface area contributed by atoms with E-state index in [2.05, 4.69) is 43.2 Å². The summed E-state index contributed by atoms with van der Waals surface area (Å²) in [4.78, 5) is 3.91. The summed E-state index contributed by atoms with van der Waals surface area (Å²) < 4.78 is 5.22. The predicted octanol–water partition coefficient (Wildman–Crippen LogP) is 4.85. The second-order valence-corrected chi connectivity index (χ2v) is 8.19. The molecule has 0 radical (unpaired) electrons. The van der Waals surface area contributed by atoms with E-state index < -0.39 is 0 Å². The van der Waals surface area contributed by atoms with Crippen LogP contribution in [0.3, 0.4) is 0 Å². The van der Waals surface area contributed by atoms with Crippen LogP contribution in [0.1, 0.15) is 37.0 Å². The Morgan fingerprint density at radius 2 is 1.88 bits per heavy atom. The van der Waals surface area contributed by atoms with Crippen molar-refractivity contribution < 1.29 is 9.84 Å². The summed E-state index contributed by atoms with van der Waals surface area (Å²) >= 11 is 1.80. The van der Waals surface area contributed by atoms with E-state index in [0.717, 1.165) is 25.9 Å². The maximum atomic E-state index is 9.74. The lowest BCUT2D eigenvalue weighted by molar-refractivity contribution is 0.109. The Morgan fingerprint density at radius 3 is 2.60 bits per heavy atom. The minimum atomic E-state index is 0.115. The molecule has 1 heterocycles. The molecular weight excluding hydrogens is 330 g/mol. The van der Waals surface area contributed by atoms with E-state index in [0.29, 0.717) is 5.75 Å². The molecule has 0 unspecified atom stereocenters. The fourth-order valence-electron chi connectivity index (χ4n) is 3.41. The molecule has 0 fully saturated rings. The van der Waals surface area contributed by atoms with Crippen molar-refractivity contribution in [3.05, 3.63) is 53.1 Å². The average molecular weight is 358 g/mol. The number of hydrogen-bond donors (Lipinski definition) is 1. The van der Waals surface area contributed by atoms with Crippen molar-refractivity contribution in [2.45, 2.75) is 50.2 Å². The fraction of sp³-hybridized carbons (Fsp3) is 0.429. The first-order chi connectivity index (χ1) is 11.9. The number of phenolic OH excluding ortho intramolecular Hbond substituents is 1. The standard InChI is InChI=1S/C21H27NO2S/c1-21(2,10-9-15-5-8-19(23)20(11-15)24-3)22-13-16-6-7-18(25-4)12-17(16)14-22/h5-8,11-12,23H,9-10,13-14H2,1-4H3. The topological polar surface area (TPSA) is 32.7 Å². The molecule has 0 aromatic heterocycles. The Kier molecular flexibility index (Phi) is 5.30. The van der Waals surface area contributed by atoms with Crippen LogP contribution in [0.4, 0.5) is 0 Å². The van der Waals surface area contributed by atoms with E-state index in [1.54, 1.807) is 24.9 Å². The van der Waals surface area contributed by atoms with Crippen LogP contribution in [0.2, 0.25) is 0 Å². The third kappa shape index (κ3) is 3.96. The lowest BCUT2D eigenvalue weighted by atomic mass is 9.93. The largest absolute Gasteiger partial charge is 0.504 e. The van der Waals surface area contributed by atoms with Crippen LogP contribution in [0.15, 0.2) is 41.3 Å². The number of hydrogen-bond acceptors (Lipinski definition) is 4. The molecule has 0 saturated heterocycles. The molecule has 2 aromatic carbocycles. The summed E-state index contributed by atoms with van der Waals surface area (Å²) in [6.07, 6.45) is 4.15. The van der Waals surface area contributed by atoms with Crippen molar-refractivity contribution in [1.29, 1.82) is 0 Å². The number of phenols is 1. The highest BCUT2D eigenvalue weighted by Crippen LogP contribution is 2.34. The van der Waals surface area contributed by atoms with Crippen LogP contribution in [-0.2, 0) is 19.5 Å². The number of aryl methyl sites for hydroxylation is 1. The molecule has 0 spiro atoms. The molecule has 3 rings (SSSR count). The molecule has 1 N–H and O–H groups in total. The monoisotopic (exact) mass is 357 g/mol. The van der Waals surface area contributed by atoms with Gasteiger partial charge in [0, 0.05) is 23.5 Å². The average Bonchev–Trinajstić information content (AvgIpc) is 3.05. The van der Waals surface area contributed by atoms with Crippen LogP contribution in [-0.4, -0.2) is 28.9 Å². The zero-order valence-electron chi connectivity index (χ0n) is 15.5. The van der Waals surface area contributed by atoms with E-state index in [-0.39, 0.29) is 11.3 Å². The van der Waals surface area contributed by atoms with Crippen molar-refractivity contribution in [2.75, 3.05) is 13.4 Å². The number of aromatic hydroxyl groups is 1. The Balaban J connectivity index is 1.66.